The van der Waals surface area contributed by atoms with Crippen LogP contribution in [0.3, 0.4) is 0 Å². The molecule has 0 fully saturated rings. The van der Waals surface area contributed by atoms with Crippen molar-refractivity contribution in [1.82, 2.24) is 19.9 Å². The third-order valence-electron chi connectivity index (χ3n) is 3.50. The number of rotatable bonds is 9. The normalized spacial score (nSPS) is 14.2. The summed E-state index contributed by atoms with van der Waals surface area (Å²) in [7, 11) is 0. The number of ether oxygens (including phenoxy) is 2. The lowest BCUT2D eigenvalue weighted by Crippen LogP contribution is -2.44. The predicted molar refractivity (Wildman–Crippen MR) is 90.6 cm³/mol. The molecule has 0 bridgehead atoms. The topological polar surface area (TPSA) is 205 Å². The Morgan fingerprint density at radius 1 is 0.852 bits per heavy atom. The van der Waals surface area contributed by atoms with Gasteiger partial charge in [-0.3, -0.25) is 4.79 Å². The summed E-state index contributed by atoms with van der Waals surface area (Å²) in [6.07, 6.45) is 6.19. The van der Waals surface area contributed by atoms with Gasteiger partial charge in [0.2, 0.25) is 0 Å². The van der Waals surface area contributed by atoms with Crippen LogP contribution in [0.5, 0.6) is 0 Å². The lowest BCUT2D eigenvalue weighted by Gasteiger charge is -2.15. The van der Waals surface area contributed by atoms with E-state index < -0.39 is 42.6 Å². The van der Waals surface area contributed by atoms with Crippen molar-refractivity contribution < 1.29 is 23.9 Å². The number of carbonyl (C=O) groups is 3. The molecule has 0 saturated carbocycles. The average molecular weight is 379 g/mol. The summed E-state index contributed by atoms with van der Waals surface area (Å²) in [5, 5.41) is 0. The number of carbonyl (C=O) groups excluding carboxylic acids is 3. The van der Waals surface area contributed by atoms with Crippen molar-refractivity contribution in [2.45, 2.75) is 31.0 Å². The van der Waals surface area contributed by atoms with Crippen molar-refractivity contribution in [3.8, 4) is 0 Å². The fourth-order valence-electron chi connectivity index (χ4n) is 2.03. The summed E-state index contributed by atoms with van der Waals surface area (Å²) in [6.45, 7) is -0.489. The lowest BCUT2D eigenvalue weighted by atomic mass is 10.2. The highest BCUT2D eigenvalue weighted by Crippen LogP contribution is 2.01. The number of nitrogens with one attached hydrogen (secondary N) is 2. The van der Waals surface area contributed by atoms with E-state index in [-0.39, 0.29) is 12.8 Å². The van der Waals surface area contributed by atoms with Crippen molar-refractivity contribution in [1.29, 1.82) is 0 Å². The Morgan fingerprint density at radius 2 is 1.33 bits per heavy atom. The van der Waals surface area contributed by atoms with Gasteiger partial charge in [-0.25, -0.2) is 19.6 Å². The van der Waals surface area contributed by atoms with Crippen molar-refractivity contribution >= 4 is 17.9 Å². The van der Waals surface area contributed by atoms with Crippen LogP contribution in [0.15, 0.2) is 25.0 Å². The van der Waals surface area contributed by atoms with Crippen LogP contribution >= 0.6 is 0 Å². The van der Waals surface area contributed by atoms with Gasteiger partial charge in [0.25, 0.3) is 0 Å². The number of hydrogen-bond acceptors (Lipinski definition) is 10. The Balaban J connectivity index is 1.72. The summed E-state index contributed by atoms with van der Waals surface area (Å²) in [5.74, 6) is -2.77. The van der Waals surface area contributed by atoms with E-state index in [1.54, 1.807) is 0 Å². The zero-order valence-electron chi connectivity index (χ0n) is 14.3. The standard InChI is InChI=1S/C15H21N7O5/c16-10(1-8-3-19-6-21-8)13(23)26-5-12(18)15(25)27-14(24)11(17)2-9-4-20-7-22-9/h3-4,6-7,10-12H,1-2,5,16-18H2,(H,19,21)(H,20,22)/t10-,11-,12-/m0/s1. The van der Waals surface area contributed by atoms with Gasteiger partial charge in [0.1, 0.15) is 24.7 Å². The Bertz CT molecular complexity index is 747. The molecular formula is C15H21N7O5. The fraction of sp³-hybridized carbons (Fsp3) is 0.400. The molecule has 0 aliphatic heterocycles. The molecule has 8 N–H and O–H groups in total. The number of hydrogen-bond donors (Lipinski definition) is 5. The van der Waals surface area contributed by atoms with E-state index in [0.29, 0.717) is 11.4 Å². The molecule has 0 aliphatic rings. The zero-order chi connectivity index (χ0) is 19.8. The van der Waals surface area contributed by atoms with Gasteiger partial charge >= 0.3 is 17.9 Å². The highest BCUT2D eigenvalue weighted by atomic mass is 16.6. The molecule has 3 atom stereocenters. The average Bonchev–Trinajstić information content (AvgIpc) is 3.33. The minimum absolute atomic E-state index is 0.110. The molecule has 12 heteroatoms. The van der Waals surface area contributed by atoms with Gasteiger partial charge < -0.3 is 36.6 Å². The van der Waals surface area contributed by atoms with Crippen molar-refractivity contribution in [3.05, 3.63) is 36.4 Å². The van der Waals surface area contributed by atoms with Crippen molar-refractivity contribution in [2.75, 3.05) is 6.61 Å². The quantitative estimate of drug-likeness (QED) is 0.229. The maximum Gasteiger partial charge on any atom is 0.334 e. The number of nitrogens with two attached hydrogens (primary N) is 3. The summed E-state index contributed by atoms with van der Waals surface area (Å²) >= 11 is 0. The van der Waals surface area contributed by atoms with E-state index in [0.717, 1.165) is 0 Å². The zero-order valence-corrected chi connectivity index (χ0v) is 14.3. The van der Waals surface area contributed by atoms with E-state index in [9.17, 15) is 14.4 Å². The van der Waals surface area contributed by atoms with E-state index >= 15 is 0 Å². The second kappa shape index (κ2) is 9.56. The van der Waals surface area contributed by atoms with Crippen LogP contribution in [-0.4, -0.2) is 62.6 Å². The Hall–Kier alpha value is -3.09. The van der Waals surface area contributed by atoms with E-state index in [4.69, 9.17) is 21.9 Å². The SMILES string of the molecule is N[C@@H](Cc1cnc[nH]1)C(=O)OC[C@H](N)C(=O)OC(=O)[C@@H](N)Cc1cnc[nH]1. The largest absolute Gasteiger partial charge is 0.462 e. The van der Waals surface area contributed by atoms with Crippen LogP contribution in [0.1, 0.15) is 11.4 Å². The molecule has 2 aromatic rings. The second-order valence-electron chi connectivity index (χ2n) is 5.75. The molecule has 146 valence electrons. The molecule has 0 aromatic carbocycles. The highest BCUT2D eigenvalue weighted by Gasteiger charge is 2.25. The molecule has 0 saturated heterocycles. The molecular weight excluding hydrogens is 358 g/mol. The number of imidazole rings is 2. The maximum absolute atomic E-state index is 11.8. The molecule has 0 amide bonds. The van der Waals surface area contributed by atoms with Crippen molar-refractivity contribution in [3.63, 3.8) is 0 Å². The number of aromatic nitrogens is 4. The maximum atomic E-state index is 11.8. The molecule has 27 heavy (non-hydrogen) atoms. The third-order valence-corrected chi connectivity index (χ3v) is 3.50. The Kier molecular flexibility index (Phi) is 7.16. The first-order valence-corrected chi connectivity index (χ1v) is 8.00. The van der Waals surface area contributed by atoms with Crippen LogP contribution in [0.4, 0.5) is 0 Å². The van der Waals surface area contributed by atoms with Gasteiger partial charge in [0.05, 0.1) is 12.7 Å². The van der Waals surface area contributed by atoms with E-state index in [1.165, 1.54) is 25.0 Å². The first-order chi connectivity index (χ1) is 12.9. The molecule has 0 spiro atoms. The van der Waals surface area contributed by atoms with Crippen LogP contribution < -0.4 is 17.2 Å². The molecule has 12 nitrogen and oxygen atoms in total. The van der Waals surface area contributed by atoms with Gasteiger partial charge in [-0.1, -0.05) is 0 Å². The fourth-order valence-corrected chi connectivity index (χ4v) is 2.03. The summed E-state index contributed by atoms with van der Waals surface area (Å²) in [5.41, 5.74) is 18.2. The molecule has 0 aliphatic carbocycles. The molecule has 2 aromatic heterocycles. The van der Waals surface area contributed by atoms with E-state index in [2.05, 4.69) is 24.7 Å². The minimum Gasteiger partial charge on any atom is -0.462 e. The Labute approximate surface area is 153 Å². The third kappa shape index (κ3) is 6.29. The van der Waals surface area contributed by atoms with Gasteiger partial charge in [-0.05, 0) is 0 Å². The summed E-state index contributed by atoms with van der Waals surface area (Å²) in [6, 6.07) is -3.39. The molecule has 0 unspecified atom stereocenters. The number of aromatic amines is 2. The number of esters is 3. The molecule has 0 radical (unpaired) electrons. The highest BCUT2D eigenvalue weighted by molar-refractivity contribution is 5.91. The van der Waals surface area contributed by atoms with Crippen molar-refractivity contribution in [2.24, 2.45) is 17.2 Å². The van der Waals surface area contributed by atoms with E-state index in [1.807, 2.05) is 0 Å². The predicted octanol–water partition coefficient (Wildman–Crippen LogP) is -2.49. The van der Waals surface area contributed by atoms with Gasteiger partial charge in [0, 0.05) is 36.6 Å². The van der Waals surface area contributed by atoms with Crippen LogP contribution in [0.2, 0.25) is 0 Å². The minimum atomic E-state index is -1.35. The monoisotopic (exact) mass is 379 g/mol. The van der Waals surface area contributed by atoms with Crippen LogP contribution in [-0.2, 0) is 36.7 Å². The van der Waals surface area contributed by atoms with Crippen LogP contribution in [0, 0.1) is 0 Å². The van der Waals surface area contributed by atoms with Crippen LogP contribution in [0.25, 0.3) is 0 Å². The van der Waals surface area contributed by atoms with Gasteiger partial charge in [-0.2, -0.15) is 0 Å². The number of nitrogens with zero attached hydrogens (tertiary/aromatic N) is 2. The smallest absolute Gasteiger partial charge is 0.334 e. The molecule has 2 rings (SSSR count). The van der Waals surface area contributed by atoms with Gasteiger partial charge in [-0.15, -0.1) is 0 Å². The summed E-state index contributed by atoms with van der Waals surface area (Å²) < 4.78 is 9.49. The number of H-pyrrole nitrogens is 2. The second-order valence-corrected chi connectivity index (χ2v) is 5.75. The van der Waals surface area contributed by atoms with Gasteiger partial charge in [0.15, 0.2) is 0 Å². The first-order valence-electron chi connectivity index (χ1n) is 8.00. The summed E-state index contributed by atoms with van der Waals surface area (Å²) in [4.78, 5) is 48.6. The Morgan fingerprint density at radius 3 is 1.81 bits per heavy atom. The lowest BCUT2D eigenvalue weighted by molar-refractivity contribution is -0.163. The molecule has 2 heterocycles. The first kappa shape index (κ1) is 20.2.